The Kier molecular flexibility index (Phi) is 3.43. The molecule has 1 aliphatic rings. The summed E-state index contributed by atoms with van der Waals surface area (Å²) in [6, 6.07) is 0. The summed E-state index contributed by atoms with van der Waals surface area (Å²) in [5, 5.41) is 0. The summed E-state index contributed by atoms with van der Waals surface area (Å²) in [5.41, 5.74) is 7.81. The van der Waals surface area contributed by atoms with E-state index < -0.39 is 0 Å². The van der Waals surface area contributed by atoms with Gasteiger partial charge in [-0.05, 0) is 18.7 Å². The van der Waals surface area contributed by atoms with Gasteiger partial charge in [-0.15, -0.1) is 0 Å². The summed E-state index contributed by atoms with van der Waals surface area (Å²) in [6.45, 7) is 0.580. The summed E-state index contributed by atoms with van der Waals surface area (Å²) in [7, 11) is 1.66. The molecule has 0 spiro atoms. The van der Waals surface area contributed by atoms with E-state index >= 15 is 0 Å². The van der Waals surface area contributed by atoms with E-state index in [1.165, 1.54) is 0 Å². The van der Waals surface area contributed by atoms with Gasteiger partial charge in [0.05, 0.1) is 12.8 Å². The fourth-order valence-corrected chi connectivity index (χ4v) is 2.64. The molecule has 0 radical (unpaired) electrons. The number of hydrogen-bond donors (Lipinski definition) is 1. The van der Waals surface area contributed by atoms with Crippen LogP contribution in [0.5, 0.6) is 5.88 Å². The van der Waals surface area contributed by atoms with Crippen molar-refractivity contribution in [2.75, 3.05) is 19.4 Å². The third kappa shape index (κ3) is 2.23. The molecule has 1 aromatic rings. The molecule has 0 aromatic carbocycles. The average Bonchev–Trinajstić information content (AvgIpc) is 2.28. The summed E-state index contributed by atoms with van der Waals surface area (Å²) < 4.78 is 5.29. The van der Waals surface area contributed by atoms with Gasteiger partial charge in [0.2, 0.25) is 5.88 Å². The molecule has 0 atom stereocenters. The minimum atomic E-state index is 0.580. The van der Waals surface area contributed by atoms with Gasteiger partial charge >= 0.3 is 0 Å². The molecule has 0 amide bonds. The molecule has 82 valence electrons. The number of aromatic nitrogens is 2. The number of thioether (sulfide) groups is 1. The smallest absolute Gasteiger partial charge is 0.220 e. The molecule has 1 aliphatic heterocycles. The van der Waals surface area contributed by atoms with E-state index in [0.717, 1.165) is 47.3 Å². The zero-order valence-electron chi connectivity index (χ0n) is 8.82. The number of aryl methyl sites for hydroxylation is 1. The molecule has 0 saturated heterocycles. The van der Waals surface area contributed by atoms with Crippen LogP contribution in [-0.2, 0) is 18.6 Å². The maximum Gasteiger partial charge on any atom is 0.220 e. The molecule has 2 N–H and O–H groups in total. The molecule has 0 bridgehead atoms. The highest BCUT2D eigenvalue weighted by Crippen LogP contribution is 2.29. The van der Waals surface area contributed by atoms with E-state index in [0.29, 0.717) is 6.54 Å². The molecule has 2 heterocycles. The van der Waals surface area contributed by atoms with Crippen LogP contribution in [0.25, 0.3) is 0 Å². The molecule has 0 unspecified atom stereocenters. The average molecular weight is 225 g/mol. The number of ether oxygens (including phenoxy) is 1. The zero-order valence-corrected chi connectivity index (χ0v) is 9.64. The molecule has 15 heavy (non-hydrogen) atoms. The van der Waals surface area contributed by atoms with E-state index in [1.807, 2.05) is 11.8 Å². The standard InChI is InChI=1S/C10H15N3OS/c1-14-10-7-6-15-5-3-8(7)12-9(13-10)2-4-11/h2-6,11H2,1H3. The molecule has 0 saturated carbocycles. The Bertz CT molecular complexity index is 340. The highest BCUT2D eigenvalue weighted by atomic mass is 32.2. The Morgan fingerprint density at radius 1 is 1.47 bits per heavy atom. The highest BCUT2D eigenvalue weighted by Gasteiger charge is 2.18. The Labute approximate surface area is 93.6 Å². The summed E-state index contributed by atoms with van der Waals surface area (Å²) in [6.07, 6.45) is 1.73. The highest BCUT2D eigenvalue weighted by molar-refractivity contribution is 7.98. The molecule has 4 nitrogen and oxygen atoms in total. The maximum atomic E-state index is 5.50. The fraction of sp³-hybridized carbons (Fsp3) is 0.600. The Morgan fingerprint density at radius 3 is 3.07 bits per heavy atom. The van der Waals surface area contributed by atoms with Gasteiger partial charge in [-0.1, -0.05) is 0 Å². The van der Waals surface area contributed by atoms with Gasteiger partial charge in [0.25, 0.3) is 0 Å². The van der Waals surface area contributed by atoms with Crippen LogP contribution < -0.4 is 10.5 Å². The molecule has 5 heteroatoms. The molecule has 1 aromatic heterocycles. The van der Waals surface area contributed by atoms with Crippen molar-refractivity contribution in [1.82, 2.24) is 9.97 Å². The molecule has 0 fully saturated rings. The van der Waals surface area contributed by atoms with E-state index in [2.05, 4.69) is 9.97 Å². The first-order valence-electron chi connectivity index (χ1n) is 5.05. The van der Waals surface area contributed by atoms with Crippen molar-refractivity contribution in [3.63, 3.8) is 0 Å². The van der Waals surface area contributed by atoms with E-state index in [4.69, 9.17) is 10.5 Å². The number of methoxy groups -OCH3 is 1. The summed E-state index contributed by atoms with van der Waals surface area (Å²) in [5.74, 6) is 3.63. The monoisotopic (exact) mass is 225 g/mol. The van der Waals surface area contributed by atoms with Crippen molar-refractivity contribution in [3.8, 4) is 5.88 Å². The number of hydrogen-bond acceptors (Lipinski definition) is 5. The van der Waals surface area contributed by atoms with Gasteiger partial charge < -0.3 is 10.5 Å². The van der Waals surface area contributed by atoms with Gasteiger partial charge in [0.1, 0.15) is 5.82 Å². The quantitative estimate of drug-likeness (QED) is 0.823. The Balaban J connectivity index is 2.38. The third-order valence-electron chi connectivity index (χ3n) is 2.39. The van der Waals surface area contributed by atoms with Crippen molar-refractivity contribution >= 4 is 11.8 Å². The fourth-order valence-electron chi connectivity index (χ4n) is 1.66. The van der Waals surface area contributed by atoms with Gasteiger partial charge in [0.15, 0.2) is 0 Å². The van der Waals surface area contributed by atoms with Crippen molar-refractivity contribution < 1.29 is 4.74 Å². The van der Waals surface area contributed by atoms with Crippen molar-refractivity contribution in [3.05, 3.63) is 17.1 Å². The predicted molar refractivity (Wildman–Crippen MR) is 61.2 cm³/mol. The number of nitrogens with two attached hydrogens (primary N) is 1. The third-order valence-corrected chi connectivity index (χ3v) is 3.38. The predicted octanol–water partition coefficient (Wildman–Crippen LogP) is 0.776. The number of rotatable bonds is 3. The largest absolute Gasteiger partial charge is 0.481 e. The second-order valence-corrected chi connectivity index (χ2v) is 4.52. The van der Waals surface area contributed by atoms with Crippen molar-refractivity contribution in [1.29, 1.82) is 0 Å². The second-order valence-electron chi connectivity index (χ2n) is 3.42. The minimum Gasteiger partial charge on any atom is -0.481 e. The van der Waals surface area contributed by atoms with E-state index in [9.17, 15) is 0 Å². The topological polar surface area (TPSA) is 61.0 Å². The summed E-state index contributed by atoms with van der Waals surface area (Å²) >= 11 is 1.90. The van der Waals surface area contributed by atoms with Crippen molar-refractivity contribution in [2.24, 2.45) is 5.73 Å². The molecule has 0 aliphatic carbocycles. The van der Waals surface area contributed by atoms with Crippen LogP contribution in [0, 0.1) is 0 Å². The van der Waals surface area contributed by atoms with E-state index in [1.54, 1.807) is 7.11 Å². The molecular weight excluding hydrogens is 210 g/mol. The van der Waals surface area contributed by atoms with Gasteiger partial charge in [-0.2, -0.15) is 16.7 Å². The molecule has 2 rings (SSSR count). The van der Waals surface area contributed by atoms with Crippen LogP contribution in [0.4, 0.5) is 0 Å². The maximum absolute atomic E-state index is 5.50. The van der Waals surface area contributed by atoms with E-state index in [-0.39, 0.29) is 0 Å². The first kappa shape index (κ1) is 10.7. The van der Waals surface area contributed by atoms with Gasteiger partial charge in [0, 0.05) is 17.7 Å². The van der Waals surface area contributed by atoms with Crippen LogP contribution in [0.15, 0.2) is 0 Å². The van der Waals surface area contributed by atoms with Crippen molar-refractivity contribution in [2.45, 2.75) is 18.6 Å². The first-order chi connectivity index (χ1) is 7.35. The minimum absolute atomic E-state index is 0.580. The number of fused-ring (bicyclic) bond motifs is 1. The van der Waals surface area contributed by atoms with Crippen LogP contribution >= 0.6 is 11.8 Å². The Morgan fingerprint density at radius 2 is 2.33 bits per heavy atom. The normalized spacial score (nSPS) is 14.8. The molecular formula is C10H15N3OS. The first-order valence-corrected chi connectivity index (χ1v) is 6.21. The van der Waals surface area contributed by atoms with Crippen LogP contribution in [0.3, 0.4) is 0 Å². The van der Waals surface area contributed by atoms with Crippen LogP contribution in [-0.4, -0.2) is 29.4 Å². The number of nitrogens with zero attached hydrogens (tertiary/aromatic N) is 2. The lowest BCUT2D eigenvalue weighted by Gasteiger charge is -2.17. The van der Waals surface area contributed by atoms with Crippen LogP contribution in [0.2, 0.25) is 0 Å². The van der Waals surface area contributed by atoms with Gasteiger partial charge in [-0.3, -0.25) is 0 Å². The SMILES string of the molecule is COc1nc(CCN)nc2c1CSCC2. The lowest BCUT2D eigenvalue weighted by Crippen LogP contribution is -2.14. The Hall–Kier alpha value is -0.810. The summed E-state index contributed by atoms with van der Waals surface area (Å²) in [4.78, 5) is 8.89. The van der Waals surface area contributed by atoms with Crippen LogP contribution in [0.1, 0.15) is 17.1 Å². The lowest BCUT2D eigenvalue weighted by atomic mass is 10.2. The lowest BCUT2D eigenvalue weighted by molar-refractivity contribution is 0.389. The second kappa shape index (κ2) is 4.81. The van der Waals surface area contributed by atoms with Gasteiger partial charge in [-0.25, -0.2) is 4.98 Å². The zero-order chi connectivity index (χ0) is 10.7.